The molecule has 0 saturated carbocycles. The molecule has 0 unspecified atom stereocenters. The molecule has 0 amide bonds. The first-order chi connectivity index (χ1) is 6.88. The van der Waals surface area contributed by atoms with Crippen molar-refractivity contribution < 1.29 is 14.6 Å². The molecule has 0 aromatic carbocycles. The monoisotopic (exact) mass is 197 g/mol. The van der Waals surface area contributed by atoms with Crippen molar-refractivity contribution in [3.8, 4) is 11.6 Å². The van der Waals surface area contributed by atoms with E-state index in [1.165, 1.54) is 0 Å². The van der Waals surface area contributed by atoms with Crippen LogP contribution >= 0.6 is 0 Å². The summed E-state index contributed by atoms with van der Waals surface area (Å²) in [5.41, 5.74) is 0. The van der Waals surface area contributed by atoms with E-state index < -0.39 is 0 Å². The molecule has 0 atom stereocenters. The lowest BCUT2D eigenvalue weighted by Crippen LogP contribution is -2.01. The van der Waals surface area contributed by atoms with Gasteiger partial charge in [-0.05, 0) is 25.0 Å². The van der Waals surface area contributed by atoms with Gasteiger partial charge in [0.15, 0.2) is 5.75 Å². The molecule has 0 aliphatic carbocycles. The van der Waals surface area contributed by atoms with Crippen LogP contribution < -0.4 is 9.47 Å². The Morgan fingerprint density at radius 1 is 1.43 bits per heavy atom. The maximum atomic E-state index is 8.57. The topological polar surface area (TPSA) is 51.6 Å². The van der Waals surface area contributed by atoms with Gasteiger partial charge >= 0.3 is 0 Å². The van der Waals surface area contributed by atoms with Crippen molar-refractivity contribution in [2.45, 2.75) is 12.8 Å². The lowest BCUT2D eigenvalue weighted by atomic mass is 10.3. The first-order valence-electron chi connectivity index (χ1n) is 4.61. The number of aliphatic hydroxyl groups is 1. The van der Waals surface area contributed by atoms with Crippen molar-refractivity contribution in [2.24, 2.45) is 0 Å². The van der Waals surface area contributed by atoms with Crippen molar-refractivity contribution >= 4 is 0 Å². The highest BCUT2D eigenvalue weighted by atomic mass is 16.5. The summed E-state index contributed by atoms with van der Waals surface area (Å²) in [5.74, 6) is 1.14. The Kier molecular flexibility index (Phi) is 4.78. The maximum Gasteiger partial charge on any atom is 0.256 e. The summed E-state index contributed by atoms with van der Waals surface area (Å²) < 4.78 is 10.4. The van der Waals surface area contributed by atoms with Crippen molar-refractivity contribution in [3.05, 3.63) is 18.3 Å². The number of rotatable bonds is 6. The summed E-state index contributed by atoms with van der Waals surface area (Å²) in [6.07, 6.45) is 3.22. The second-order valence-electron chi connectivity index (χ2n) is 2.79. The Bertz CT molecular complexity index is 265. The van der Waals surface area contributed by atoms with E-state index in [2.05, 4.69) is 4.98 Å². The number of pyridine rings is 1. The van der Waals surface area contributed by atoms with Gasteiger partial charge in [-0.15, -0.1) is 0 Å². The highest BCUT2D eigenvalue weighted by Gasteiger charge is 2.02. The van der Waals surface area contributed by atoms with E-state index in [4.69, 9.17) is 14.6 Å². The van der Waals surface area contributed by atoms with Crippen LogP contribution in [0.25, 0.3) is 0 Å². The lowest BCUT2D eigenvalue weighted by molar-refractivity contribution is 0.242. The van der Waals surface area contributed by atoms with Crippen LogP contribution in [0.5, 0.6) is 11.6 Å². The molecule has 1 aromatic rings. The Balaban J connectivity index is 2.41. The van der Waals surface area contributed by atoms with E-state index in [-0.39, 0.29) is 6.61 Å². The normalized spacial score (nSPS) is 9.86. The largest absolute Gasteiger partial charge is 0.491 e. The second-order valence-corrected chi connectivity index (χ2v) is 2.79. The maximum absolute atomic E-state index is 8.57. The molecule has 1 rings (SSSR count). The van der Waals surface area contributed by atoms with Gasteiger partial charge < -0.3 is 14.6 Å². The summed E-state index contributed by atoms with van der Waals surface area (Å²) in [6.45, 7) is 0.747. The third-order valence-corrected chi connectivity index (χ3v) is 1.75. The van der Waals surface area contributed by atoms with E-state index in [0.717, 1.165) is 12.8 Å². The van der Waals surface area contributed by atoms with Gasteiger partial charge in [0.25, 0.3) is 5.88 Å². The van der Waals surface area contributed by atoms with Crippen LogP contribution in [0.1, 0.15) is 12.8 Å². The predicted octanol–water partition coefficient (Wildman–Crippen LogP) is 1.24. The number of nitrogens with zero attached hydrogens (tertiary/aromatic N) is 1. The minimum atomic E-state index is 0.197. The molecular formula is C10H15NO3. The minimum Gasteiger partial charge on any atom is -0.491 e. The van der Waals surface area contributed by atoms with Crippen LogP contribution in [0, 0.1) is 0 Å². The smallest absolute Gasteiger partial charge is 0.256 e. The fraction of sp³-hybridized carbons (Fsp3) is 0.500. The molecule has 0 aliphatic rings. The Hall–Kier alpha value is -1.29. The van der Waals surface area contributed by atoms with Crippen LogP contribution in [-0.4, -0.2) is 30.4 Å². The third-order valence-electron chi connectivity index (χ3n) is 1.75. The van der Waals surface area contributed by atoms with E-state index in [1.54, 1.807) is 25.4 Å². The molecule has 0 fully saturated rings. The molecule has 0 bridgehead atoms. The predicted molar refractivity (Wildman–Crippen MR) is 52.6 cm³/mol. The number of hydrogen-bond acceptors (Lipinski definition) is 4. The Morgan fingerprint density at radius 2 is 2.29 bits per heavy atom. The second kappa shape index (κ2) is 6.21. The molecule has 14 heavy (non-hydrogen) atoms. The molecular weight excluding hydrogens is 182 g/mol. The summed E-state index contributed by atoms with van der Waals surface area (Å²) in [7, 11) is 1.58. The first-order valence-corrected chi connectivity index (χ1v) is 4.61. The average Bonchev–Trinajstić information content (AvgIpc) is 2.25. The zero-order valence-electron chi connectivity index (χ0n) is 8.27. The van der Waals surface area contributed by atoms with Crippen LogP contribution in [0.15, 0.2) is 18.3 Å². The van der Waals surface area contributed by atoms with Gasteiger partial charge in [-0.1, -0.05) is 0 Å². The highest BCUT2D eigenvalue weighted by molar-refractivity contribution is 5.32. The van der Waals surface area contributed by atoms with E-state index >= 15 is 0 Å². The van der Waals surface area contributed by atoms with Crippen LogP contribution in [0.3, 0.4) is 0 Å². The van der Waals surface area contributed by atoms with Gasteiger partial charge in [-0.25, -0.2) is 4.98 Å². The van der Waals surface area contributed by atoms with Crippen molar-refractivity contribution in [1.29, 1.82) is 0 Å². The zero-order chi connectivity index (χ0) is 10.2. The Labute approximate surface area is 83.5 Å². The van der Waals surface area contributed by atoms with Gasteiger partial charge in [0.2, 0.25) is 0 Å². The average molecular weight is 197 g/mol. The minimum absolute atomic E-state index is 0.197. The van der Waals surface area contributed by atoms with Gasteiger partial charge in [0.05, 0.1) is 13.7 Å². The van der Waals surface area contributed by atoms with Gasteiger partial charge in [0, 0.05) is 12.8 Å². The summed E-state index contributed by atoms with van der Waals surface area (Å²) in [5, 5.41) is 8.57. The highest BCUT2D eigenvalue weighted by Crippen LogP contribution is 2.22. The first kappa shape index (κ1) is 10.8. The van der Waals surface area contributed by atoms with Gasteiger partial charge in [0.1, 0.15) is 0 Å². The fourth-order valence-corrected chi connectivity index (χ4v) is 1.02. The van der Waals surface area contributed by atoms with E-state index in [0.29, 0.717) is 18.2 Å². The molecule has 0 saturated heterocycles. The van der Waals surface area contributed by atoms with Crippen molar-refractivity contribution in [3.63, 3.8) is 0 Å². The molecule has 4 nitrogen and oxygen atoms in total. The number of hydrogen-bond donors (Lipinski definition) is 1. The van der Waals surface area contributed by atoms with Gasteiger partial charge in [-0.2, -0.15) is 0 Å². The molecule has 78 valence electrons. The molecule has 1 heterocycles. The number of aliphatic hydroxyl groups excluding tert-OH is 1. The van der Waals surface area contributed by atoms with Crippen LogP contribution in [-0.2, 0) is 0 Å². The van der Waals surface area contributed by atoms with Crippen molar-refractivity contribution in [1.82, 2.24) is 4.98 Å². The Morgan fingerprint density at radius 3 is 3.00 bits per heavy atom. The summed E-state index contributed by atoms with van der Waals surface area (Å²) in [6, 6.07) is 3.59. The number of methoxy groups -OCH3 is 1. The number of aromatic nitrogens is 1. The zero-order valence-corrected chi connectivity index (χ0v) is 8.27. The summed E-state index contributed by atoms with van der Waals surface area (Å²) >= 11 is 0. The lowest BCUT2D eigenvalue weighted by Gasteiger charge is -2.07. The van der Waals surface area contributed by atoms with Crippen molar-refractivity contribution in [2.75, 3.05) is 20.3 Å². The summed E-state index contributed by atoms with van der Waals surface area (Å²) in [4.78, 5) is 4.04. The standard InChI is InChI=1S/C10H15NO3/c1-13-9-5-4-6-11-10(9)14-8-3-2-7-12/h4-6,12H,2-3,7-8H2,1H3. The molecule has 1 N–H and O–H groups in total. The third kappa shape index (κ3) is 3.22. The van der Waals surface area contributed by atoms with E-state index in [9.17, 15) is 0 Å². The van der Waals surface area contributed by atoms with Crippen LogP contribution in [0.4, 0.5) is 0 Å². The molecule has 0 spiro atoms. The molecule has 1 aromatic heterocycles. The molecule has 0 aliphatic heterocycles. The van der Waals surface area contributed by atoms with Gasteiger partial charge in [-0.3, -0.25) is 0 Å². The van der Waals surface area contributed by atoms with E-state index in [1.807, 2.05) is 0 Å². The SMILES string of the molecule is COc1cccnc1OCCCCO. The van der Waals surface area contributed by atoms with Crippen LogP contribution in [0.2, 0.25) is 0 Å². The number of unbranched alkanes of at least 4 members (excludes halogenated alkanes) is 1. The quantitative estimate of drug-likeness (QED) is 0.697. The molecule has 4 heteroatoms. The fourth-order valence-electron chi connectivity index (χ4n) is 1.02. The number of ether oxygens (including phenoxy) is 2. The molecule has 0 radical (unpaired) electrons.